The van der Waals surface area contributed by atoms with Crippen molar-refractivity contribution in [3.8, 4) is 0 Å². The average molecular weight is 312 g/mol. The summed E-state index contributed by atoms with van der Waals surface area (Å²) in [5, 5.41) is 12.2. The van der Waals surface area contributed by atoms with Crippen molar-refractivity contribution in [2.75, 3.05) is 6.61 Å². The molecule has 2 atom stereocenters. The van der Waals surface area contributed by atoms with E-state index in [0.717, 1.165) is 6.42 Å². The molecule has 2 N–H and O–H groups in total. The second-order valence-electron chi connectivity index (χ2n) is 5.31. The molecule has 0 saturated carbocycles. The van der Waals surface area contributed by atoms with Crippen molar-refractivity contribution in [1.29, 1.82) is 0 Å². The number of benzene rings is 1. The van der Waals surface area contributed by atoms with E-state index in [0.29, 0.717) is 17.0 Å². The molecule has 2 unspecified atom stereocenters. The molecule has 0 aromatic heterocycles. The lowest BCUT2D eigenvalue weighted by atomic mass is 9.96. The highest BCUT2D eigenvalue weighted by Gasteiger charge is 2.19. The highest BCUT2D eigenvalue weighted by molar-refractivity contribution is 6.30. The molecule has 1 rings (SSSR count). The lowest BCUT2D eigenvalue weighted by Crippen LogP contribution is -2.34. The molecule has 116 valence electrons. The molecule has 0 bridgehead atoms. The number of carbonyl (C=O) groups is 2. The fraction of sp³-hybridized carbons (Fsp3) is 0.500. The van der Waals surface area contributed by atoms with E-state index in [1.165, 1.54) is 0 Å². The third kappa shape index (κ3) is 6.27. The molecule has 5 heteroatoms. The number of hydrogen-bond acceptors (Lipinski definition) is 3. The molecule has 0 fully saturated rings. The molecule has 0 aliphatic rings. The Morgan fingerprint density at radius 2 is 1.86 bits per heavy atom. The fourth-order valence-electron chi connectivity index (χ4n) is 2.07. The van der Waals surface area contributed by atoms with E-state index in [4.69, 9.17) is 16.7 Å². The lowest BCUT2D eigenvalue weighted by Gasteiger charge is -2.15. The summed E-state index contributed by atoms with van der Waals surface area (Å²) in [7, 11) is 0. The van der Waals surface area contributed by atoms with Gasteiger partial charge in [-0.3, -0.25) is 9.59 Å². The van der Waals surface area contributed by atoms with Gasteiger partial charge < -0.3 is 10.4 Å². The van der Waals surface area contributed by atoms with Crippen LogP contribution in [-0.4, -0.2) is 29.4 Å². The Morgan fingerprint density at radius 3 is 2.43 bits per heavy atom. The highest BCUT2D eigenvalue weighted by atomic mass is 35.5. The number of halogens is 1. The van der Waals surface area contributed by atoms with Crippen LogP contribution >= 0.6 is 11.6 Å². The van der Waals surface area contributed by atoms with Crippen LogP contribution in [0.1, 0.15) is 43.5 Å². The van der Waals surface area contributed by atoms with Gasteiger partial charge in [-0.2, -0.15) is 0 Å². The molecular formula is C16H22ClNO3. The number of hydrogen-bond donors (Lipinski definition) is 2. The number of aliphatic hydroxyl groups excluding tert-OH is 1. The lowest BCUT2D eigenvalue weighted by molar-refractivity contribution is -0.122. The second-order valence-corrected chi connectivity index (χ2v) is 5.75. The molecule has 1 aromatic rings. The van der Waals surface area contributed by atoms with E-state index in [9.17, 15) is 9.59 Å². The van der Waals surface area contributed by atoms with Crippen LogP contribution in [0.15, 0.2) is 24.3 Å². The van der Waals surface area contributed by atoms with Crippen LogP contribution in [0.2, 0.25) is 5.02 Å². The predicted octanol–water partition coefficient (Wildman–Crippen LogP) is 2.83. The van der Waals surface area contributed by atoms with Crippen LogP contribution in [0.5, 0.6) is 0 Å². The Morgan fingerprint density at radius 1 is 1.24 bits per heavy atom. The first kappa shape index (κ1) is 17.7. The summed E-state index contributed by atoms with van der Waals surface area (Å²) in [4.78, 5) is 24.1. The van der Waals surface area contributed by atoms with Gasteiger partial charge >= 0.3 is 0 Å². The van der Waals surface area contributed by atoms with Crippen molar-refractivity contribution in [2.45, 2.75) is 39.2 Å². The van der Waals surface area contributed by atoms with Crippen LogP contribution in [0.4, 0.5) is 0 Å². The number of rotatable bonds is 8. The van der Waals surface area contributed by atoms with Gasteiger partial charge in [0.15, 0.2) is 5.78 Å². The summed E-state index contributed by atoms with van der Waals surface area (Å²) in [5.41, 5.74) is 0.563. The summed E-state index contributed by atoms with van der Waals surface area (Å²) in [6.07, 6.45) is 1.54. The number of carbonyl (C=O) groups excluding carboxylic acids is 2. The monoisotopic (exact) mass is 311 g/mol. The number of nitrogens with one attached hydrogen (secondary N) is 1. The Hall–Kier alpha value is -1.39. The number of ketones is 1. The number of Topliss-reactive ketones (excluding diaryl/α,β-unsaturated/α-hetero) is 1. The second kappa shape index (κ2) is 8.80. The van der Waals surface area contributed by atoms with Gasteiger partial charge in [-0.25, -0.2) is 0 Å². The van der Waals surface area contributed by atoms with E-state index in [-0.39, 0.29) is 36.7 Å². The Balaban J connectivity index is 2.48. The summed E-state index contributed by atoms with van der Waals surface area (Å²) in [6, 6.07) is 6.67. The van der Waals surface area contributed by atoms with E-state index >= 15 is 0 Å². The fourth-order valence-corrected chi connectivity index (χ4v) is 2.20. The quantitative estimate of drug-likeness (QED) is 0.725. The van der Waals surface area contributed by atoms with E-state index < -0.39 is 0 Å². The Kier molecular flexibility index (Phi) is 7.40. The van der Waals surface area contributed by atoms with Crippen LogP contribution in [0.25, 0.3) is 0 Å². The molecule has 0 spiro atoms. The van der Waals surface area contributed by atoms with Crippen LogP contribution < -0.4 is 5.32 Å². The third-order valence-electron chi connectivity index (χ3n) is 3.27. The number of aliphatic hydroxyl groups is 1. The van der Waals surface area contributed by atoms with Gasteiger partial charge in [0.2, 0.25) is 5.91 Å². The normalized spacial score (nSPS) is 13.5. The topological polar surface area (TPSA) is 66.4 Å². The zero-order chi connectivity index (χ0) is 15.8. The Bertz CT molecular complexity index is 473. The van der Waals surface area contributed by atoms with Gasteiger partial charge in [-0.1, -0.05) is 18.5 Å². The molecule has 1 aromatic carbocycles. The first-order valence-electron chi connectivity index (χ1n) is 7.14. The minimum atomic E-state index is -0.379. The van der Waals surface area contributed by atoms with Crippen molar-refractivity contribution in [2.24, 2.45) is 5.92 Å². The smallest absolute Gasteiger partial charge is 0.220 e. The molecule has 1 amide bonds. The van der Waals surface area contributed by atoms with Gasteiger partial charge in [0.25, 0.3) is 0 Å². The molecule has 0 aliphatic heterocycles. The van der Waals surface area contributed by atoms with E-state index in [2.05, 4.69) is 5.32 Å². The zero-order valence-electron chi connectivity index (χ0n) is 12.4. The first-order chi connectivity index (χ1) is 9.93. The predicted molar refractivity (Wildman–Crippen MR) is 83.5 cm³/mol. The van der Waals surface area contributed by atoms with Gasteiger partial charge in [-0.05, 0) is 44.0 Å². The molecular weight excluding hydrogens is 290 g/mol. The molecule has 0 aliphatic carbocycles. The van der Waals surface area contributed by atoms with Crippen molar-refractivity contribution < 1.29 is 14.7 Å². The molecule has 0 heterocycles. The van der Waals surface area contributed by atoms with Gasteiger partial charge in [0.1, 0.15) is 0 Å². The van der Waals surface area contributed by atoms with Gasteiger partial charge in [-0.15, -0.1) is 0 Å². The van der Waals surface area contributed by atoms with E-state index in [1.54, 1.807) is 31.2 Å². The minimum absolute atomic E-state index is 0.00230. The molecule has 0 saturated heterocycles. The third-order valence-corrected chi connectivity index (χ3v) is 3.52. The van der Waals surface area contributed by atoms with Gasteiger partial charge in [0.05, 0.1) is 0 Å². The van der Waals surface area contributed by atoms with Crippen LogP contribution in [0, 0.1) is 5.92 Å². The molecule has 21 heavy (non-hydrogen) atoms. The first-order valence-corrected chi connectivity index (χ1v) is 7.51. The van der Waals surface area contributed by atoms with Gasteiger partial charge in [0, 0.05) is 35.6 Å². The summed E-state index contributed by atoms with van der Waals surface area (Å²) < 4.78 is 0. The van der Waals surface area contributed by atoms with Crippen LogP contribution in [-0.2, 0) is 4.79 Å². The maximum Gasteiger partial charge on any atom is 0.220 e. The van der Waals surface area contributed by atoms with Crippen molar-refractivity contribution in [3.63, 3.8) is 0 Å². The number of amides is 1. The highest BCUT2D eigenvalue weighted by Crippen LogP contribution is 2.15. The molecule has 4 nitrogen and oxygen atoms in total. The van der Waals surface area contributed by atoms with Crippen molar-refractivity contribution >= 4 is 23.3 Å². The van der Waals surface area contributed by atoms with Crippen molar-refractivity contribution in [1.82, 2.24) is 5.32 Å². The largest absolute Gasteiger partial charge is 0.396 e. The maximum absolute atomic E-state index is 12.2. The Labute approximate surface area is 130 Å². The zero-order valence-corrected chi connectivity index (χ0v) is 13.2. The minimum Gasteiger partial charge on any atom is -0.396 e. The summed E-state index contributed by atoms with van der Waals surface area (Å²) in [5.74, 6) is -0.587. The van der Waals surface area contributed by atoms with Crippen LogP contribution in [0.3, 0.4) is 0 Å². The van der Waals surface area contributed by atoms with E-state index in [1.807, 2.05) is 6.92 Å². The SMILES string of the molecule is CC(CCCO)NC(=O)CC(C)C(=O)c1ccc(Cl)cc1. The average Bonchev–Trinajstić information content (AvgIpc) is 2.44. The summed E-state index contributed by atoms with van der Waals surface area (Å²) >= 11 is 5.79. The molecule has 0 radical (unpaired) electrons. The maximum atomic E-state index is 12.2. The standard InChI is InChI=1S/C16H22ClNO3/c1-11(10-15(20)18-12(2)4-3-9-19)16(21)13-5-7-14(17)8-6-13/h5-8,11-12,19H,3-4,9-10H2,1-2H3,(H,18,20). The summed E-state index contributed by atoms with van der Waals surface area (Å²) in [6.45, 7) is 3.75. The van der Waals surface area contributed by atoms with Crippen molar-refractivity contribution in [3.05, 3.63) is 34.9 Å².